The van der Waals surface area contributed by atoms with Crippen molar-refractivity contribution in [2.45, 2.75) is 37.8 Å². The van der Waals surface area contributed by atoms with Crippen LogP contribution >= 0.6 is 0 Å². The highest BCUT2D eigenvalue weighted by Gasteiger charge is 2.48. The number of piperidine rings is 1. The molecule has 1 saturated heterocycles. The Hall–Kier alpha value is -3.03. The van der Waals surface area contributed by atoms with E-state index < -0.39 is 0 Å². The van der Waals surface area contributed by atoms with E-state index in [1.165, 1.54) is 16.5 Å². The van der Waals surface area contributed by atoms with Crippen molar-refractivity contribution in [3.05, 3.63) is 59.3 Å². The van der Waals surface area contributed by atoms with Gasteiger partial charge in [0.2, 0.25) is 5.91 Å². The van der Waals surface area contributed by atoms with E-state index >= 15 is 0 Å². The van der Waals surface area contributed by atoms with Crippen molar-refractivity contribution in [2.24, 2.45) is 7.05 Å². The van der Waals surface area contributed by atoms with E-state index in [1.807, 2.05) is 30.1 Å². The van der Waals surface area contributed by atoms with Crippen LogP contribution in [-0.4, -0.2) is 65.8 Å². The molecule has 2 aliphatic heterocycles. The molecule has 186 valence electrons. The van der Waals surface area contributed by atoms with Gasteiger partial charge in [0.05, 0.1) is 32.4 Å². The first-order valence-electron chi connectivity index (χ1n) is 12.3. The van der Waals surface area contributed by atoms with Gasteiger partial charge in [0.1, 0.15) is 11.5 Å². The van der Waals surface area contributed by atoms with Crippen LogP contribution in [0.5, 0.6) is 11.5 Å². The Balaban J connectivity index is 1.54. The highest BCUT2D eigenvalue weighted by Crippen LogP contribution is 2.50. The standard InChI is InChI=1S/C28H35N3O4/c1-19(33)31-18-28(11-13-30(14-12-28)16-20-7-5-6-8-25(20)35-4)26-22-10-9-21(34-3)15-23(22)29(2)27(26)24(31)17-32/h5-10,15,24,32H,11-14,16-18H2,1-4H3/t24-/m0/s1. The first-order valence-corrected chi connectivity index (χ1v) is 12.3. The van der Waals surface area contributed by atoms with Crippen molar-refractivity contribution in [1.82, 2.24) is 14.4 Å². The first-order chi connectivity index (χ1) is 16.9. The number of likely N-dealkylation sites (tertiary alicyclic amines) is 1. The summed E-state index contributed by atoms with van der Waals surface area (Å²) < 4.78 is 13.2. The van der Waals surface area contributed by atoms with E-state index in [-0.39, 0.29) is 24.0 Å². The van der Waals surface area contributed by atoms with Gasteiger partial charge >= 0.3 is 0 Å². The van der Waals surface area contributed by atoms with Crippen molar-refractivity contribution in [3.8, 4) is 11.5 Å². The summed E-state index contributed by atoms with van der Waals surface area (Å²) in [5, 5.41) is 11.6. The van der Waals surface area contributed by atoms with E-state index in [2.05, 4.69) is 33.7 Å². The lowest BCUT2D eigenvalue weighted by molar-refractivity contribution is -0.135. The van der Waals surface area contributed by atoms with Gasteiger partial charge in [0, 0.05) is 55.2 Å². The van der Waals surface area contributed by atoms with Crippen molar-refractivity contribution in [1.29, 1.82) is 0 Å². The summed E-state index contributed by atoms with van der Waals surface area (Å²) in [6.45, 7) is 4.86. The third-order valence-electron chi connectivity index (χ3n) is 8.13. The maximum absolute atomic E-state index is 12.8. The Bertz CT molecular complexity index is 1240. The molecule has 1 spiro atoms. The summed E-state index contributed by atoms with van der Waals surface area (Å²) in [6.07, 6.45) is 1.89. The predicted octanol–water partition coefficient (Wildman–Crippen LogP) is 3.62. The van der Waals surface area contributed by atoms with Crippen molar-refractivity contribution >= 4 is 16.8 Å². The molecule has 2 aromatic carbocycles. The molecule has 1 aromatic heterocycles. The second-order valence-corrected chi connectivity index (χ2v) is 9.92. The molecule has 1 N–H and O–H groups in total. The van der Waals surface area contributed by atoms with Crippen LogP contribution in [-0.2, 0) is 23.8 Å². The topological polar surface area (TPSA) is 67.2 Å². The van der Waals surface area contributed by atoms with Crippen molar-refractivity contribution in [2.75, 3.05) is 40.5 Å². The highest BCUT2D eigenvalue weighted by atomic mass is 16.5. The smallest absolute Gasteiger partial charge is 0.220 e. The van der Waals surface area contributed by atoms with Crippen LogP contribution in [0.1, 0.15) is 42.6 Å². The summed E-state index contributed by atoms with van der Waals surface area (Å²) in [5.74, 6) is 1.73. The number of aliphatic hydroxyl groups excluding tert-OH is 1. The highest BCUT2D eigenvalue weighted by molar-refractivity contribution is 5.89. The Labute approximate surface area is 206 Å². The monoisotopic (exact) mass is 477 g/mol. The van der Waals surface area contributed by atoms with Crippen LogP contribution in [0.15, 0.2) is 42.5 Å². The SMILES string of the molecule is COc1ccc2c3c(n(C)c2c1)[C@H](CO)N(C(C)=O)CC31CCN(Cc2ccccc2OC)CC1. The zero-order valence-electron chi connectivity index (χ0n) is 21.1. The van der Waals surface area contributed by atoms with E-state index in [0.717, 1.165) is 55.2 Å². The number of carbonyl (C=O) groups excluding carboxylic acids is 1. The molecule has 7 nitrogen and oxygen atoms in total. The number of aliphatic hydroxyl groups is 1. The molecule has 0 bridgehead atoms. The molecule has 2 aliphatic rings. The number of para-hydroxylation sites is 1. The summed E-state index contributed by atoms with van der Waals surface area (Å²) in [6, 6.07) is 14.1. The average molecular weight is 478 g/mol. The van der Waals surface area contributed by atoms with Crippen LogP contribution in [0.3, 0.4) is 0 Å². The molecule has 0 aliphatic carbocycles. The summed E-state index contributed by atoms with van der Waals surface area (Å²) in [7, 11) is 5.44. The van der Waals surface area contributed by atoms with Crippen LogP contribution in [0.4, 0.5) is 0 Å². The molecule has 3 aromatic rings. The molecular weight excluding hydrogens is 442 g/mol. The van der Waals surface area contributed by atoms with Gasteiger partial charge in [-0.15, -0.1) is 0 Å². The number of amides is 1. The lowest BCUT2D eigenvalue weighted by Crippen LogP contribution is -2.55. The quantitative estimate of drug-likeness (QED) is 0.608. The zero-order chi connectivity index (χ0) is 24.7. The van der Waals surface area contributed by atoms with Gasteiger partial charge in [0.25, 0.3) is 0 Å². The predicted molar refractivity (Wildman–Crippen MR) is 136 cm³/mol. The fourth-order valence-corrected chi connectivity index (χ4v) is 6.31. The number of fused-ring (bicyclic) bond motifs is 4. The number of hydrogen-bond acceptors (Lipinski definition) is 5. The zero-order valence-corrected chi connectivity index (χ0v) is 21.1. The number of carbonyl (C=O) groups is 1. The van der Waals surface area contributed by atoms with E-state index in [9.17, 15) is 9.90 Å². The number of hydrogen-bond donors (Lipinski definition) is 1. The fourth-order valence-electron chi connectivity index (χ4n) is 6.31. The van der Waals surface area contributed by atoms with E-state index in [0.29, 0.717) is 6.54 Å². The molecule has 5 rings (SSSR count). The number of benzene rings is 2. The van der Waals surface area contributed by atoms with Gasteiger partial charge < -0.3 is 24.0 Å². The van der Waals surface area contributed by atoms with Crippen molar-refractivity contribution < 1.29 is 19.4 Å². The fraction of sp³-hybridized carbons (Fsp3) is 0.464. The van der Waals surface area contributed by atoms with E-state index in [4.69, 9.17) is 9.47 Å². The average Bonchev–Trinajstić information content (AvgIpc) is 3.18. The molecule has 3 heterocycles. The number of nitrogens with zero attached hydrogens (tertiary/aromatic N) is 3. The minimum absolute atomic E-state index is 0.00774. The van der Waals surface area contributed by atoms with E-state index in [1.54, 1.807) is 21.1 Å². The maximum Gasteiger partial charge on any atom is 0.220 e. The van der Waals surface area contributed by atoms with Gasteiger partial charge in [-0.1, -0.05) is 18.2 Å². The summed E-state index contributed by atoms with van der Waals surface area (Å²) >= 11 is 0. The molecule has 0 saturated carbocycles. The minimum Gasteiger partial charge on any atom is -0.497 e. The number of aromatic nitrogens is 1. The van der Waals surface area contributed by atoms with Crippen LogP contribution in [0.25, 0.3) is 10.9 Å². The number of aryl methyl sites for hydroxylation is 1. The number of ether oxygens (including phenoxy) is 2. The lowest BCUT2D eigenvalue weighted by atomic mass is 9.68. The molecule has 7 heteroatoms. The summed E-state index contributed by atoms with van der Waals surface area (Å²) in [4.78, 5) is 17.1. The van der Waals surface area contributed by atoms with Crippen LogP contribution < -0.4 is 9.47 Å². The molecule has 1 atom stereocenters. The molecule has 1 amide bonds. The lowest BCUT2D eigenvalue weighted by Gasteiger charge is -2.50. The Morgan fingerprint density at radius 2 is 1.86 bits per heavy atom. The number of methoxy groups -OCH3 is 2. The van der Waals surface area contributed by atoms with Gasteiger partial charge in [-0.2, -0.15) is 0 Å². The van der Waals surface area contributed by atoms with Gasteiger partial charge in [-0.3, -0.25) is 9.69 Å². The normalized spacial score (nSPS) is 19.7. The molecule has 0 radical (unpaired) electrons. The first kappa shape index (κ1) is 23.7. The largest absolute Gasteiger partial charge is 0.497 e. The molecule has 1 fully saturated rings. The Morgan fingerprint density at radius 3 is 2.51 bits per heavy atom. The molecule has 0 unspecified atom stereocenters. The molecular formula is C28H35N3O4. The second kappa shape index (κ2) is 9.21. The third kappa shape index (κ3) is 3.87. The third-order valence-corrected chi connectivity index (χ3v) is 8.13. The number of rotatable bonds is 5. The van der Waals surface area contributed by atoms with Gasteiger partial charge in [-0.05, 0) is 49.7 Å². The maximum atomic E-state index is 12.8. The van der Waals surface area contributed by atoms with Crippen LogP contribution in [0.2, 0.25) is 0 Å². The summed E-state index contributed by atoms with van der Waals surface area (Å²) in [5.41, 5.74) is 4.46. The van der Waals surface area contributed by atoms with Gasteiger partial charge in [-0.25, -0.2) is 0 Å². The minimum atomic E-state index is -0.344. The Morgan fingerprint density at radius 1 is 1.11 bits per heavy atom. The van der Waals surface area contributed by atoms with Crippen LogP contribution in [0, 0.1) is 0 Å². The van der Waals surface area contributed by atoms with Crippen molar-refractivity contribution in [3.63, 3.8) is 0 Å². The Kier molecular flexibility index (Phi) is 6.23. The second-order valence-electron chi connectivity index (χ2n) is 9.92. The molecule has 35 heavy (non-hydrogen) atoms. The van der Waals surface area contributed by atoms with Gasteiger partial charge in [0.15, 0.2) is 0 Å².